The number of aliphatic hydroxyl groups is 2. The first-order chi connectivity index (χ1) is 7.13. The van der Waals surface area contributed by atoms with Gasteiger partial charge in [-0.25, -0.2) is 4.39 Å². The summed E-state index contributed by atoms with van der Waals surface area (Å²) in [5, 5.41) is 18.1. The van der Waals surface area contributed by atoms with Crippen molar-refractivity contribution >= 4 is 0 Å². The molecule has 1 rings (SSSR count). The van der Waals surface area contributed by atoms with Crippen LogP contribution in [0.1, 0.15) is 5.56 Å². The van der Waals surface area contributed by atoms with E-state index in [1.165, 1.54) is 0 Å². The summed E-state index contributed by atoms with van der Waals surface area (Å²) in [6, 6.07) is 6.90. The van der Waals surface area contributed by atoms with E-state index in [0.29, 0.717) is 5.75 Å². The molecule has 1 aromatic rings. The number of hydrogen-bond donors (Lipinski definition) is 2. The summed E-state index contributed by atoms with van der Waals surface area (Å²) >= 11 is 0. The van der Waals surface area contributed by atoms with Crippen molar-refractivity contribution < 1.29 is 19.3 Å². The number of ether oxygens (including phenoxy) is 1. The van der Waals surface area contributed by atoms with Gasteiger partial charge in [0.1, 0.15) is 31.2 Å². The lowest BCUT2D eigenvalue weighted by Crippen LogP contribution is -2.33. The average molecular weight is 213 g/mol. The van der Waals surface area contributed by atoms with E-state index >= 15 is 0 Å². The third-order valence-corrected chi connectivity index (χ3v) is 1.95. The van der Waals surface area contributed by atoms with Gasteiger partial charge in [-0.15, -0.1) is 0 Å². The molecule has 0 spiro atoms. The van der Waals surface area contributed by atoms with E-state index in [1.54, 1.807) is 24.3 Å². The highest BCUT2D eigenvalue weighted by Crippen LogP contribution is 2.12. The molecule has 3 nitrogen and oxygen atoms in total. The van der Waals surface area contributed by atoms with E-state index in [4.69, 9.17) is 9.84 Å². The zero-order valence-electron chi connectivity index (χ0n) is 8.27. The van der Waals surface area contributed by atoms with Crippen LogP contribution in [-0.2, 0) is 0 Å². The number of halogens is 1. The van der Waals surface area contributed by atoms with Gasteiger partial charge in [-0.3, -0.25) is 0 Å². The summed E-state index contributed by atoms with van der Waals surface area (Å²) in [7, 11) is 0. The minimum atomic E-state index is -1.39. The Kier molecular flexibility index (Phi) is 4.52. The topological polar surface area (TPSA) is 49.7 Å². The van der Waals surface area contributed by atoms with Gasteiger partial charge in [0, 0.05) is 0 Å². The molecule has 0 fully saturated rings. The molecule has 0 amide bonds. The first-order valence-corrected chi connectivity index (χ1v) is 4.60. The lowest BCUT2D eigenvalue weighted by Gasteiger charge is -2.15. The van der Waals surface area contributed by atoms with Crippen LogP contribution in [0.15, 0.2) is 24.3 Å². The highest BCUT2D eigenvalue weighted by molar-refractivity contribution is 5.28. The summed E-state index contributed by atoms with van der Waals surface area (Å²) in [5.74, 6) is 0.549. The molecule has 0 aliphatic carbocycles. The lowest BCUT2D eigenvalue weighted by atomic mass is 10.2. The molecule has 15 heavy (non-hydrogen) atoms. The number of aliphatic hydroxyl groups excluding tert-OH is 2. The van der Waals surface area contributed by atoms with Gasteiger partial charge in [-0.2, -0.15) is 0 Å². The highest BCUT2D eigenvalue weighted by Gasteiger charge is 2.16. The van der Waals surface area contributed by atoms with E-state index < -0.39 is 18.9 Å². The van der Waals surface area contributed by atoms with Crippen molar-refractivity contribution in [1.29, 1.82) is 0 Å². The number of benzene rings is 1. The van der Waals surface area contributed by atoms with E-state index in [9.17, 15) is 9.50 Å². The third kappa shape index (κ3) is 3.85. The van der Waals surface area contributed by atoms with E-state index in [1.807, 2.05) is 0 Å². The maximum absolute atomic E-state index is 11.9. The molecule has 0 aromatic heterocycles. The van der Waals surface area contributed by atoms with Gasteiger partial charge < -0.3 is 14.9 Å². The second-order valence-electron chi connectivity index (χ2n) is 3.24. The Morgan fingerprint density at radius 2 is 1.80 bits per heavy atom. The lowest BCUT2D eigenvalue weighted by molar-refractivity contribution is -0.0186. The normalized spacial score (nSPS) is 14.7. The van der Waals surface area contributed by atoms with Crippen LogP contribution < -0.4 is 4.74 Å². The second-order valence-corrected chi connectivity index (χ2v) is 3.24. The quantitative estimate of drug-likeness (QED) is 0.765. The van der Waals surface area contributed by atoms with Crippen molar-refractivity contribution in [2.45, 2.75) is 12.2 Å². The molecular formula is C11H14FO3. The predicted octanol–water partition coefficient (Wildman–Crippen LogP) is 0.939. The number of alkyl halides is 1. The van der Waals surface area contributed by atoms with Crippen molar-refractivity contribution in [2.24, 2.45) is 0 Å². The molecule has 0 bridgehead atoms. The van der Waals surface area contributed by atoms with Gasteiger partial charge in [0.2, 0.25) is 0 Å². The van der Waals surface area contributed by atoms with Crippen LogP contribution in [0.3, 0.4) is 0 Å². The number of hydrogen-bond acceptors (Lipinski definition) is 3. The zero-order chi connectivity index (χ0) is 11.3. The van der Waals surface area contributed by atoms with Gasteiger partial charge in [0.15, 0.2) is 0 Å². The van der Waals surface area contributed by atoms with Crippen LogP contribution >= 0.6 is 0 Å². The monoisotopic (exact) mass is 213 g/mol. The molecule has 1 radical (unpaired) electrons. The van der Waals surface area contributed by atoms with Crippen molar-refractivity contribution in [3.8, 4) is 5.75 Å². The van der Waals surface area contributed by atoms with Gasteiger partial charge in [-0.05, 0) is 24.6 Å². The summed E-state index contributed by atoms with van der Waals surface area (Å²) in [6.45, 7) is 2.58. The molecule has 0 heterocycles. The fraction of sp³-hybridized carbons (Fsp3) is 0.364. The molecule has 83 valence electrons. The fourth-order valence-corrected chi connectivity index (χ4v) is 0.981. The second kappa shape index (κ2) is 5.68. The van der Waals surface area contributed by atoms with Crippen LogP contribution in [-0.4, -0.2) is 35.7 Å². The van der Waals surface area contributed by atoms with E-state index in [2.05, 4.69) is 6.92 Å². The summed E-state index contributed by atoms with van der Waals surface area (Å²) in [5.41, 5.74) is 0.853. The zero-order valence-corrected chi connectivity index (χ0v) is 8.27. The maximum atomic E-state index is 11.9. The minimum absolute atomic E-state index is 0.137. The molecule has 0 saturated heterocycles. The third-order valence-electron chi connectivity index (χ3n) is 1.95. The maximum Gasteiger partial charge on any atom is 0.119 e. The SMILES string of the molecule is [CH2]c1ccc(OCC(O)C(O)CF)cc1. The van der Waals surface area contributed by atoms with Crippen molar-refractivity contribution in [1.82, 2.24) is 0 Å². The Morgan fingerprint density at radius 3 is 2.33 bits per heavy atom. The van der Waals surface area contributed by atoms with Crippen LogP contribution in [0.2, 0.25) is 0 Å². The van der Waals surface area contributed by atoms with Crippen molar-refractivity contribution in [2.75, 3.05) is 13.3 Å². The smallest absolute Gasteiger partial charge is 0.119 e. The molecule has 0 aliphatic heterocycles. The minimum Gasteiger partial charge on any atom is -0.491 e. The van der Waals surface area contributed by atoms with Crippen LogP contribution in [0.4, 0.5) is 4.39 Å². The standard InChI is InChI=1S/C11H14FO3/c1-8-2-4-9(5-3-8)15-7-11(14)10(13)6-12/h2-5,10-11,13-14H,1,6-7H2. The van der Waals surface area contributed by atoms with E-state index in [0.717, 1.165) is 5.56 Å². The Morgan fingerprint density at radius 1 is 1.20 bits per heavy atom. The summed E-state index contributed by atoms with van der Waals surface area (Å²) < 4.78 is 17.1. The fourth-order valence-electron chi connectivity index (χ4n) is 0.981. The molecule has 0 aliphatic rings. The predicted molar refractivity (Wildman–Crippen MR) is 54.4 cm³/mol. The van der Waals surface area contributed by atoms with Gasteiger partial charge in [0.05, 0.1) is 0 Å². The van der Waals surface area contributed by atoms with Crippen molar-refractivity contribution in [3.63, 3.8) is 0 Å². The highest BCUT2D eigenvalue weighted by atomic mass is 19.1. The molecule has 4 heteroatoms. The largest absolute Gasteiger partial charge is 0.491 e. The average Bonchev–Trinajstić information content (AvgIpc) is 2.26. The van der Waals surface area contributed by atoms with Gasteiger partial charge in [-0.1, -0.05) is 12.1 Å². The Balaban J connectivity index is 2.40. The molecule has 1 aromatic carbocycles. The summed E-state index contributed by atoms with van der Waals surface area (Å²) in [4.78, 5) is 0. The Bertz CT molecular complexity index is 286. The van der Waals surface area contributed by atoms with Crippen molar-refractivity contribution in [3.05, 3.63) is 36.8 Å². The molecule has 2 N–H and O–H groups in total. The molecule has 2 atom stereocenters. The van der Waals surface area contributed by atoms with E-state index in [-0.39, 0.29) is 6.61 Å². The Labute approximate surface area is 88.1 Å². The molecular weight excluding hydrogens is 199 g/mol. The van der Waals surface area contributed by atoms with Crippen LogP contribution in [0, 0.1) is 6.92 Å². The summed E-state index contributed by atoms with van der Waals surface area (Å²) in [6.07, 6.45) is -2.61. The first kappa shape index (κ1) is 11.9. The van der Waals surface area contributed by atoms with Crippen LogP contribution in [0.25, 0.3) is 0 Å². The molecule has 2 unspecified atom stereocenters. The Hall–Kier alpha value is -1.13. The molecule has 0 saturated carbocycles. The first-order valence-electron chi connectivity index (χ1n) is 4.60. The van der Waals surface area contributed by atoms with Gasteiger partial charge in [0.25, 0.3) is 0 Å². The number of rotatable bonds is 5. The van der Waals surface area contributed by atoms with Gasteiger partial charge >= 0.3 is 0 Å². The van der Waals surface area contributed by atoms with Crippen LogP contribution in [0.5, 0.6) is 5.75 Å².